The average molecular weight is 337 g/mol. The van der Waals surface area contributed by atoms with Crippen LogP contribution in [0.2, 0.25) is 0 Å². The van der Waals surface area contributed by atoms with E-state index in [1.807, 2.05) is 62.4 Å². The van der Waals surface area contributed by atoms with Crippen molar-refractivity contribution in [2.24, 2.45) is 0 Å². The normalized spacial score (nSPS) is 12.0. The van der Waals surface area contributed by atoms with Gasteiger partial charge in [0.25, 0.3) is 5.91 Å². The second-order valence-electron chi connectivity index (χ2n) is 5.97. The van der Waals surface area contributed by atoms with Crippen LogP contribution in [0.1, 0.15) is 29.2 Å². The van der Waals surface area contributed by atoms with Gasteiger partial charge in [0.1, 0.15) is 0 Å². The molecule has 2 rings (SSSR count). The predicted molar refractivity (Wildman–Crippen MR) is 98.8 cm³/mol. The highest BCUT2D eigenvalue weighted by atomic mass is 16.5. The highest BCUT2D eigenvalue weighted by Crippen LogP contribution is 2.09. The average Bonchev–Trinajstić information content (AvgIpc) is 2.60. The highest BCUT2D eigenvalue weighted by Gasteiger charge is 2.16. The summed E-state index contributed by atoms with van der Waals surface area (Å²) in [5, 5.41) is 2.77. The Hall–Kier alpha value is -2.88. The fraction of sp³-hybridized carbons (Fsp3) is 0.238. The van der Waals surface area contributed by atoms with Gasteiger partial charge >= 0.3 is 5.97 Å². The summed E-state index contributed by atoms with van der Waals surface area (Å²) in [5.41, 5.74) is 4.17. The molecule has 0 aliphatic heterocycles. The van der Waals surface area contributed by atoms with E-state index >= 15 is 0 Å². The minimum Gasteiger partial charge on any atom is -0.449 e. The molecule has 0 aromatic heterocycles. The van der Waals surface area contributed by atoms with Crippen LogP contribution in [-0.4, -0.2) is 18.0 Å². The van der Waals surface area contributed by atoms with Crippen LogP contribution >= 0.6 is 0 Å². The molecule has 4 heteroatoms. The molecule has 4 nitrogen and oxygen atoms in total. The molecule has 1 N–H and O–H groups in total. The van der Waals surface area contributed by atoms with E-state index < -0.39 is 12.1 Å². The zero-order valence-corrected chi connectivity index (χ0v) is 14.8. The number of nitrogens with one attached hydrogen (secondary N) is 1. The molecule has 2 aromatic rings. The fourth-order valence-electron chi connectivity index (χ4n) is 2.24. The van der Waals surface area contributed by atoms with Crippen molar-refractivity contribution in [3.05, 3.63) is 76.9 Å². The van der Waals surface area contributed by atoms with Crippen LogP contribution in [0.5, 0.6) is 0 Å². The fourth-order valence-corrected chi connectivity index (χ4v) is 2.24. The lowest BCUT2D eigenvalue weighted by molar-refractivity contribution is -0.150. The largest absolute Gasteiger partial charge is 0.449 e. The first-order valence-corrected chi connectivity index (χ1v) is 8.23. The van der Waals surface area contributed by atoms with Crippen LogP contribution in [0.15, 0.2) is 54.6 Å². The first-order valence-electron chi connectivity index (χ1n) is 8.23. The number of rotatable bonds is 6. The number of ether oxygens (including phenoxy) is 1. The van der Waals surface area contributed by atoms with Crippen LogP contribution in [0.4, 0.5) is 0 Å². The summed E-state index contributed by atoms with van der Waals surface area (Å²) in [6, 6.07) is 15.6. The van der Waals surface area contributed by atoms with Gasteiger partial charge in [-0.2, -0.15) is 0 Å². The topological polar surface area (TPSA) is 55.4 Å². The number of carbonyl (C=O) groups is 2. The van der Waals surface area contributed by atoms with Gasteiger partial charge in [-0.15, -0.1) is 0 Å². The third kappa shape index (κ3) is 5.92. The predicted octanol–water partition coefficient (Wildman–Crippen LogP) is 3.56. The van der Waals surface area contributed by atoms with Crippen LogP contribution in [-0.2, 0) is 20.9 Å². The lowest BCUT2D eigenvalue weighted by atomic mass is 10.1. The van der Waals surface area contributed by atoms with Gasteiger partial charge in [0, 0.05) is 12.6 Å². The maximum atomic E-state index is 12.0. The Bertz CT molecular complexity index is 763. The summed E-state index contributed by atoms with van der Waals surface area (Å²) in [7, 11) is 0. The number of hydrogen-bond donors (Lipinski definition) is 1. The van der Waals surface area contributed by atoms with Gasteiger partial charge in [-0.25, -0.2) is 4.79 Å². The Labute approximate surface area is 148 Å². The zero-order chi connectivity index (χ0) is 18.2. The quantitative estimate of drug-likeness (QED) is 0.648. The molecule has 2 aromatic carbocycles. The molecule has 0 fully saturated rings. The molecule has 1 atom stereocenters. The molecule has 0 bridgehead atoms. The molecule has 0 unspecified atom stereocenters. The molecule has 0 saturated carbocycles. The van der Waals surface area contributed by atoms with Crippen molar-refractivity contribution in [1.29, 1.82) is 0 Å². The molecule has 0 heterocycles. The van der Waals surface area contributed by atoms with E-state index in [1.165, 1.54) is 6.08 Å². The summed E-state index contributed by atoms with van der Waals surface area (Å²) in [4.78, 5) is 23.9. The van der Waals surface area contributed by atoms with Crippen molar-refractivity contribution in [1.82, 2.24) is 5.32 Å². The minimum atomic E-state index is -0.848. The van der Waals surface area contributed by atoms with Gasteiger partial charge in [0.15, 0.2) is 6.10 Å². The van der Waals surface area contributed by atoms with E-state index in [2.05, 4.69) is 5.32 Å². The number of aryl methyl sites for hydroxylation is 2. The third-order valence-electron chi connectivity index (χ3n) is 3.84. The highest BCUT2D eigenvalue weighted by molar-refractivity contribution is 5.90. The Balaban J connectivity index is 1.82. The maximum Gasteiger partial charge on any atom is 0.331 e. The number of hydrogen-bond acceptors (Lipinski definition) is 3. The molecule has 0 aliphatic carbocycles. The summed E-state index contributed by atoms with van der Waals surface area (Å²) >= 11 is 0. The zero-order valence-electron chi connectivity index (χ0n) is 14.8. The Kier molecular flexibility index (Phi) is 6.52. The van der Waals surface area contributed by atoms with E-state index in [4.69, 9.17) is 4.74 Å². The SMILES string of the molecule is Cc1ccc(CNC(=O)[C@@H](C)OC(=O)/C=C/c2ccccc2C)cc1. The Morgan fingerprint density at radius 2 is 1.76 bits per heavy atom. The molecular weight excluding hydrogens is 314 g/mol. The van der Waals surface area contributed by atoms with E-state index in [9.17, 15) is 9.59 Å². The molecule has 0 aliphatic rings. The summed E-state index contributed by atoms with van der Waals surface area (Å²) in [5.74, 6) is -0.862. The molecule has 1 amide bonds. The van der Waals surface area contributed by atoms with Crippen LogP contribution < -0.4 is 5.32 Å². The molecule has 0 saturated heterocycles. The molecule has 25 heavy (non-hydrogen) atoms. The number of amides is 1. The molecule has 0 spiro atoms. The molecular formula is C21H23NO3. The van der Waals surface area contributed by atoms with Crippen LogP contribution in [0, 0.1) is 13.8 Å². The van der Waals surface area contributed by atoms with Crippen LogP contribution in [0.3, 0.4) is 0 Å². The van der Waals surface area contributed by atoms with Gasteiger partial charge in [-0.3, -0.25) is 4.79 Å². The first kappa shape index (κ1) is 18.5. The van der Waals surface area contributed by atoms with Gasteiger partial charge in [0.2, 0.25) is 0 Å². The smallest absolute Gasteiger partial charge is 0.331 e. The van der Waals surface area contributed by atoms with Crippen molar-refractivity contribution in [3.8, 4) is 0 Å². The van der Waals surface area contributed by atoms with E-state index in [0.717, 1.165) is 22.3 Å². The molecule has 0 radical (unpaired) electrons. The van der Waals surface area contributed by atoms with E-state index in [0.29, 0.717) is 6.54 Å². The number of carbonyl (C=O) groups excluding carboxylic acids is 2. The third-order valence-corrected chi connectivity index (χ3v) is 3.84. The summed E-state index contributed by atoms with van der Waals surface area (Å²) in [6.45, 7) is 5.94. The molecule has 130 valence electrons. The maximum absolute atomic E-state index is 12.0. The lowest BCUT2D eigenvalue weighted by Gasteiger charge is -2.12. The van der Waals surface area contributed by atoms with Crippen molar-refractivity contribution in [2.75, 3.05) is 0 Å². The van der Waals surface area contributed by atoms with Crippen molar-refractivity contribution < 1.29 is 14.3 Å². The van der Waals surface area contributed by atoms with Gasteiger partial charge in [0.05, 0.1) is 0 Å². The van der Waals surface area contributed by atoms with Gasteiger partial charge in [-0.05, 0) is 43.5 Å². The number of benzene rings is 2. The van der Waals surface area contributed by atoms with Gasteiger partial charge < -0.3 is 10.1 Å². The standard InChI is InChI=1S/C21H23NO3/c1-15-8-10-18(11-9-15)14-22-21(24)17(3)25-20(23)13-12-19-7-5-4-6-16(19)2/h4-13,17H,14H2,1-3H3,(H,22,24)/b13-12+/t17-/m1/s1. The summed E-state index contributed by atoms with van der Waals surface area (Å²) < 4.78 is 5.14. The van der Waals surface area contributed by atoms with Crippen molar-refractivity contribution in [3.63, 3.8) is 0 Å². The van der Waals surface area contributed by atoms with Crippen LogP contribution in [0.25, 0.3) is 6.08 Å². The minimum absolute atomic E-state index is 0.321. The summed E-state index contributed by atoms with van der Waals surface area (Å²) in [6.07, 6.45) is 2.18. The monoisotopic (exact) mass is 337 g/mol. The van der Waals surface area contributed by atoms with Crippen molar-refractivity contribution >= 4 is 18.0 Å². The Morgan fingerprint density at radius 3 is 2.44 bits per heavy atom. The van der Waals surface area contributed by atoms with Gasteiger partial charge in [-0.1, -0.05) is 54.1 Å². The van der Waals surface area contributed by atoms with E-state index in [-0.39, 0.29) is 5.91 Å². The number of esters is 1. The Morgan fingerprint density at radius 1 is 1.08 bits per heavy atom. The van der Waals surface area contributed by atoms with Crippen molar-refractivity contribution in [2.45, 2.75) is 33.4 Å². The second kappa shape index (κ2) is 8.83. The first-order chi connectivity index (χ1) is 12.0. The van der Waals surface area contributed by atoms with E-state index in [1.54, 1.807) is 13.0 Å². The second-order valence-corrected chi connectivity index (χ2v) is 5.97. The lowest BCUT2D eigenvalue weighted by Crippen LogP contribution is -2.35.